The second kappa shape index (κ2) is 4.91. The van der Waals surface area contributed by atoms with Crippen LogP contribution in [0.4, 0.5) is 0 Å². The molecule has 0 spiro atoms. The highest BCUT2D eigenvalue weighted by molar-refractivity contribution is 7.10. The molecule has 1 rings (SSSR count). The van der Waals surface area contributed by atoms with Crippen LogP contribution in [0.5, 0.6) is 0 Å². The van der Waals surface area contributed by atoms with Gasteiger partial charge < -0.3 is 10.4 Å². The molecule has 0 saturated heterocycles. The van der Waals surface area contributed by atoms with E-state index in [0.29, 0.717) is 6.04 Å². The van der Waals surface area contributed by atoms with Gasteiger partial charge in [-0.15, -0.1) is 11.3 Å². The molecular weight excluding hydrogens is 194 g/mol. The molecule has 0 bridgehead atoms. The number of aliphatic hydroxyl groups excluding tert-OH is 1. The molecule has 1 aromatic rings. The molecule has 0 amide bonds. The Bertz CT molecular complexity index is 256. The summed E-state index contributed by atoms with van der Waals surface area (Å²) in [6, 6.07) is 4.57. The molecule has 0 unspecified atom stereocenters. The second-order valence-corrected chi connectivity index (χ2v) is 5.42. The molecule has 0 fully saturated rings. The number of hydrogen-bond acceptors (Lipinski definition) is 3. The van der Waals surface area contributed by atoms with Crippen LogP contribution in [0, 0.1) is 5.41 Å². The smallest absolute Gasteiger partial charge is 0.0494 e. The molecular formula is C11H19NOS. The van der Waals surface area contributed by atoms with Crippen molar-refractivity contribution in [2.75, 3.05) is 13.2 Å². The maximum Gasteiger partial charge on any atom is 0.0494 e. The maximum absolute atomic E-state index is 9.10. The predicted octanol–water partition coefficient (Wildman–Crippen LogP) is 2.42. The SMILES string of the molecule is C[C@H](NCC(C)(C)CO)c1cccs1. The molecule has 1 atom stereocenters. The van der Waals surface area contributed by atoms with Crippen molar-refractivity contribution in [3.8, 4) is 0 Å². The van der Waals surface area contributed by atoms with E-state index in [1.165, 1.54) is 4.88 Å². The largest absolute Gasteiger partial charge is 0.396 e. The zero-order valence-corrected chi connectivity index (χ0v) is 9.90. The van der Waals surface area contributed by atoms with E-state index >= 15 is 0 Å². The van der Waals surface area contributed by atoms with Gasteiger partial charge >= 0.3 is 0 Å². The van der Waals surface area contributed by atoms with Gasteiger partial charge in [-0.3, -0.25) is 0 Å². The lowest BCUT2D eigenvalue weighted by Gasteiger charge is -2.24. The number of nitrogens with one attached hydrogen (secondary N) is 1. The second-order valence-electron chi connectivity index (χ2n) is 4.44. The molecule has 0 saturated carbocycles. The average Bonchev–Trinajstić information content (AvgIpc) is 2.67. The molecule has 0 aliphatic heterocycles. The van der Waals surface area contributed by atoms with Gasteiger partial charge in [0, 0.05) is 29.5 Å². The molecule has 1 heterocycles. The molecule has 3 heteroatoms. The Labute approximate surface area is 90.0 Å². The van der Waals surface area contributed by atoms with Crippen molar-refractivity contribution >= 4 is 11.3 Å². The molecule has 0 aliphatic carbocycles. The van der Waals surface area contributed by atoms with E-state index in [2.05, 4.69) is 43.6 Å². The third-order valence-corrected chi connectivity index (χ3v) is 3.34. The minimum absolute atomic E-state index is 0.0362. The number of thiophene rings is 1. The van der Waals surface area contributed by atoms with Gasteiger partial charge in [-0.2, -0.15) is 0 Å². The lowest BCUT2D eigenvalue weighted by atomic mass is 9.94. The number of rotatable bonds is 5. The molecule has 14 heavy (non-hydrogen) atoms. The van der Waals surface area contributed by atoms with Crippen molar-refractivity contribution in [3.63, 3.8) is 0 Å². The highest BCUT2D eigenvalue weighted by Gasteiger charge is 2.17. The standard InChI is InChI=1S/C11H19NOS/c1-9(10-5-4-6-14-10)12-7-11(2,3)8-13/h4-6,9,12-13H,7-8H2,1-3H3/t9-/m0/s1. The summed E-state index contributed by atoms with van der Waals surface area (Å²) in [7, 11) is 0. The van der Waals surface area contributed by atoms with Crippen LogP contribution in [-0.4, -0.2) is 18.3 Å². The Morgan fingerprint density at radius 2 is 2.29 bits per heavy atom. The highest BCUT2D eigenvalue weighted by atomic mass is 32.1. The summed E-state index contributed by atoms with van der Waals surface area (Å²) in [6.45, 7) is 7.32. The molecule has 80 valence electrons. The van der Waals surface area contributed by atoms with Gasteiger partial charge in [0.2, 0.25) is 0 Å². The van der Waals surface area contributed by atoms with E-state index in [1.54, 1.807) is 11.3 Å². The van der Waals surface area contributed by atoms with E-state index in [4.69, 9.17) is 5.11 Å². The summed E-state index contributed by atoms with van der Waals surface area (Å²) in [6.07, 6.45) is 0. The first-order valence-corrected chi connectivity index (χ1v) is 5.81. The van der Waals surface area contributed by atoms with Gasteiger partial charge in [-0.25, -0.2) is 0 Å². The summed E-state index contributed by atoms with van der Waals surface area (Å²) in [5.74, 6) is 0. The first kappa shape index (κ1) is 11.7. The number of aliphatic hydroxyl groups is 1. The first-order valence-electron chi connectivity index (χ1n) is 4.93. The van der Waals surface area contributed by atoms with Crippen LogP contribution in [0.15, 0.2) is 17.5 Å². The predicted molar refractivity (Wildman–Crippen MR) is 61.6 cm³/mol. The van der Waals surface area contributed by atoms with Crippen LogP contribution in [-0.2, 0) is 0 Å². The Balaban J connectivity index is 2.39. The van der Waals surface area contributed by atoms with E-state index in [-0.39, 0.29) is 12.0 Å². The van der Waals surface area contributed by atoms with E-state index in [0.717, 1.165) is 6.54 Å². The average molecular weight is 213 g/mol. The summed E-state index contributed by atoms with van der Waals surface area (Å²) in [5, 5.41) is 14.6. The number of hydrogen-bond donors (Lipinski definition) is 2. The van der Waals surface area contributed by atoms with Crippen molar-refractivity contribution in [1.29, 1.82) is 0 Å². The van der Waals surface area contributed by atoms with Crippen LogP contribution < -0.4 is 5.32 Å². The van der Waals surface area contributed by atoms with Crippen LogP contribution in [0.3, 0.4) is 0 Å². The Morgan fingerprint density at radius 1 is 1.57 bits per heavy atom. The summed E-state index contributed by atoms with van der Waals surface area (Å²) in [4.78, 5) is 1.35. The normalized spacial score (nSPS) is 14.3. The van der Waals surface area contributed by atoms with Crippen molar-refractivity contribution in [2.24, 2.45) is 5.41 Å². The van der Waals surface area contributed by atoms with Crippen LogP contribution in [0.25, 0.3) is 0 Å². The van der Waals surface area contributed by atoms with E-state index < -0.39 is 0 Å². The van der Waals surface area contributed by atoms with Gasteiger partial charge in [0.25, 0.3) is 0 Å². The maximum atomic E-state index is 9.10. The van der Waals surface area contributed by atoms with Crippen molar-refractivity contribution in [2.45, 2.75) is 26.8 Å². The topological polar surface area (TPSA) is 32.3 Å². The zero-order chi connectivity index (χ0) is 10.6. The summed E-state index contributed by atoms with van der Waals surface area (Å²) in [5.41, 5.74) is -0.0362. The molecule has 2 N–H and O–H groups in total. The Kier molecular flexibility index (Phi) is 4.11. The van der Waals surface area contributed by atoms with Crippen LogP contribution >= 0.6 is 11.3 Å². The third-order valence-electron chi connectivity index (χ3n) is 2.28. The first-order chi connectivity index (χ1) is 6.55. The fourth-order valence-electron chi connectivity index (χ4n) is 1.12. The van der Waals surface area contributed by atoms with Crippen molar-refractivity contribution in [3.05, 3.63) is 22.4 Å². The quantitative estimate of drug-likeness (QED) is 0.787. The van der Waals surface area contributed by atoms with Crippen LogP contribution in [0.2, 0.25) is 0 Å². The minimum Gasteiger partial charge on any atom is -0.396 e. The molecule has 2 nitrogen and oxygen atoms in total. The third kappa shape index (κ3) is 3.40. The minimum atomic E-state index is -0.0362. The monoisotopic (exact) mass is 213 g/mol. The van der Waals surface area contributed by atoms with Gasteiger partial charge in [0.05, 0.1) is 0 Å². The van der Waals surface area contributed by atoms with Gasteiger partial charge in [-0.1, -0.05) is 19.9 Å². The Hall–Kier alpha value is -0.380. The summed E-state index contributed by atoms with van der Waals surface area (Å²) >= 11 is 1.76. The van der Waals surface area contributed by atoms with Gasteiger partial charge in [0.15, 0.2) is 0 Å². The zero-order valence-electron chi connectivity index (χ0n) is 9.08. The van der Waals surface area contributed by atoms with E-state index in [1.807, 2.05) is 0 Å². The highest BCUT2D eigenvalue weighted by Crippen LogP contribution is 2.20. The fourth-order valence-corrected chi connectivity index (χ4v) is 1.88. The molecule has 1 aromatic heterocycles. The van der Waals surface area contributed by atoms with Gasteiger partial charge in [-0.05, 0) is 18.4 Å². The van der Waals surface area contributed by atoms with Crippen LogP contribution in [0.1, 0.15) is 31.7 Å². The molecule has 0 aliphatic rings. The lowest BCUT2D eigenvalue weighted by molar-refractivity contribution is 0.154. The molecule has 0 aromatic carbocycles. The fraction of sp³-hybridized carbons (Fsp3) is 0.636. The van der Waals surface area contributed by atoms with Crippen molar-refractivity contribution in [1.82, 2.24) is 5.32 Å². The summed E-state index contributed by atoms with van der Waals surface area (Å²) < 4.78 is 0. The Morgan fingerprint density at radius 3 is 2.79 bits per heavy atom. The van der Waals surface area contributed by atoms with Gasteiger partial charge in [0.1, 0.15) is 0 Å². The molecule has 0 radical (unpaired) electrons. The van der Waals surface area contributed by atoms with Crippen molar-refractivity contribution < 1.29 is 5.11 Å². The lowest BCUT2D eigenvalue weighted by Crippen LogP contribution is -2.33. The van der Waals surface area contributed by atoms with E-state index in [9.17, 15) is 0 Å².